The van der Waals surface area contributed by atoms with Crippen LogP contribution < -0.4 is 10.6 Å². The van der Waals surface area contributed by atoms with Crippen LogP contribution in [-0.2, 0) is 19.1 Å². The highest BCUT2D eigenvalue weighted by Gasteiger charge is 2.46. The van der Waals surface area contributed by atoms with Gasteiger partial charge in [-0.15, -0.1) is 0 Å². The van der Waals surface area contributed by atoms with E-state index in [1.165, 1.54) is 0 Å². The Kier molecular flexibility index (Phi) is 5.45. The number of carbonyl (C=O) groups excluding carboxylic acids is 2. The van der Waals surface area contributed by atoms with E-state index < -0.39 is 12.1 Å². The summed E-state index contributed by atoms with van der Waals surface area (Å²) < 4.78 is 11.9. The van der Waals surface area contributed by atoms with Crippen LogP contribution in [0.15, 0.2) is 0 Å². The number of nitrogens with one attached hydrogen (secondary N) is 2. The van der Waals surface area contributed by atoms with Crippen LogP contribution in [0.5, 0.6) is 0 Å². The minimum absolute atomic E-state index is 0.153. The van der Waals surface area contributed by atoms with Crippen molar-refractivity contribution in [3.8, 4) is 0 Å². The molecule has 2 atom stereocenters. The van der Waals surface area contributed by atoms with Crippen LogP contribution in [0.3, 0.4) is 0 Å². The second kappa shape index (κ2) is 6.96. The molecule has 0 aromatic rings. The molecule has 0 saturated carbocycles. The van der Waals surface area contributed by atoms with E-state index >= 15 is 0 Å². The highest BCUT2D eigenvalue weighted by Crippen LogP contribution is 2.43. The molecule has 0 aromatic heterocycles. The molecule has 2 saturated heterocycles. The Bertz CT molecular complexity index is 416. The van der Waals surface area contributed by atoms with Crippen molar-refractivity contribution < 1.29 is 19.1 Å². The summed E-state index contributed by atoms with van der Waals surface area (Å²) in [4.78, 5) is 23.9. The predicted octanol–water partition coefficient (Wildman–Crippen LogP) is 0.990. The number of likely N-dealkylation sites (N-methyl/N-ethyl adjacent to an activating group) is 1. The van der Waals surface area contributed by atoms with Crippen molar-refractivity contribution >= 4 is 11.8 Å². The van der Waals surface area contributed by atoms with Crippen molar-refractivity contribution in [2.75, 3.05) is 13.7 Å². The zero-order chi connectivity index (χ0) is 16.3. The van der Waals surface area contributed by atoms with Crippen LogP contribution in [0.25, 0.3) is 0 Å². The maximum absolute atomic E-state index is 12.0. The normalized spacial score (nSPS) is 29.4. The highest BCUT2D eigenvalue weighted by atomic mass is 16.6. The molecule has 22 heavy (non-hydrogen) atoms. The van der Waals surface area contributed by atoms with E-state index in [1.807, 2.05) is 6.92 Å². The molecule has 2 N–H and O–H groups in total. The molecule has 2 aliphatic rings. The fourth-order valence-corrected chi connectivity index (χ4v) is 3.14. The molecule has 6 heteroatoms. The number of carbonyl (C=O) groups is 2. The van der Waals surface area contributed by atoms with E-state index in [1.54, 1.807) is 20.9 Å². The Morgan fingerprint density at radius 2 is 1.86 bits per heavy atom. The first-order chi connectivity index (χ1) is 10.4. The van der Waals surface area contributed by atoms with Crippen LogP contribution in [0, 0.1) is 5.92 Å². The largest absolute Gasteiger partial charge is 0.373 e. The first-order valence-electron chi connectivity index (χ1n) is 8.18. The Morgan fingerprint density at radius 3 is 2.32 bits per heavy atom. The second-order valence-corrected chi connectivity index (χ2v) is 6.77. The van der Waals surface area contributed by atoms with Gasteiger partial charge in [0.25, 0.3) is 0 Å². The van der Waals surface area contributed by atoms with Gasteiger partial charge in [-0.25, -0.2) is 0 Å². The fraction of sp³-hybridized carbons (Fsp3) is 0.875. The average molecular weight is 312 g/mol. The van der Waals surface area contributed by atoms with Crippen molar-refractivity contribution in [2.24, 2.45) is 5.92 Å². The minimum atomic E-state index is -0.685. The van der Waals surface area contributed by atoms with Crippen LogP contribution in [-0.4, -0.2) is 49.3 Å². The summed E-state index contributed by atoms with van der Waals surface area (Å²) in [5.74, 6) is -0.567. The maximum Gasteiger partial charge on any atom is 0.245 e. The van der Waals surface area contributed by atoms with Gasteiger partial charge < -0.3 is 20.1 Å². The summed E-state index contributed by atoms with van der Waals surface area (Å²) in [6.45, 7) is 5.89. The van der Waals surface area contributed by atoms with Gasteiger partial charge in [-0.1, -0.05) is 13.8 Å². The quantitative estimate of drug-likeness (QED) is 0.735. The van der Waals surface area contributed by atoms with Crippen LogP contribution >= 0.6 is 0 Å². The van der Waals surface area contributed by atoms with Crippen molar-refractivity contribution in [1.29, 1.82) is 0 Å². The number of hydrogen-bond acceptors (Lipinski definition) is 4. The Balaban J connectivity index is 1.92. The molecule has 2 fully saturated rings. The first kappa shape index (κ1) is 17.2. The van der Waals surface area contributed by atoms with E-state index in [9.17, 15) is 9.59 Å². The third-order valence-corrected chi connectivity index (χ3v) is 4.69. The molecule has 6 nitrogen and oxygen atoms in total. The monoisotopic (exact) mass is 312 g/mol. The van der Waals surface area contributed by atoms with E-state index in [0.29, 0.717) is 12.7 Å². The smallest absolute Gasteiger partial charge is 0.245 e. The Hall–Kier alpha value is -1.14. The van der Waals surface area contributed by atoms with Gasteiger partial charge in [0.05, 0.1) is 24.4 Å². The van der Waals surface area contributed by atoms with Crippen LogP contribution in [0.4, 0.5) is 0 Å². The Labute approximate surface area is 132 Å². The van der Waals surface area contributed by atoms with E-state index in [0.717, 1.165) is 25.7 Å². The van der Waals surface area contributed by atoms with Gasteiger partial charge in [-0.05, 0) is 32.6 Å². The molecular weight excluding hydrogens is 284 g/mol. The SMILES string of the molecule is CNC(=O)C(NC(=O)C(C)C)C(C)OCC12CCC(CC1)O2. The zero-order valence-electron chi connectivity index (χ0n) is 14.0. The third kappa shape index (κ3) is 3.79. The lowest BCUT2D eigenvalue weighted by Crippen LogP contribution is -2.54. The standard InChI is InChI=1S/C16H28N2O4/c1-10(2)14(19)18-13(15(20)17-4)11(3)21-9-16-7-5-12(22-16)6-8-16/h10-13H,5-9H2,1-4H3,(H,17,20)(H,18,19). The molecule has 2 bridgehead atoms. The van der Waals surface area contributed by atoms with E-state index in [2.05, 4.69) is 10.6 Å². The number of rotatable bonds is 7. The van der Waals surface area contributed by atoms with Gasteiger partial charge in [-0.3, -0.25) is 9.59 Å². The Morgan fingerprint density at radius 1 is 1.23 bits per heavy atom. The van der Waals surface area contributed by atoms with Gasteiger partial charge in [0.2, 0.25) is 11.8 Å². The van der Waals surface area contributed by atoms with Crippen molar-refractivity contribution in [1.82, 2.24) is 10.6 Å². The molecule has 2 aliphatic heterocycles. The highest BCUT2D eigenvalue weighted by molar-refractivity contribution is 5.88. The molecule has 2 rings (SSSR count). The van der Waals surface area contributed by atoms with Gasteiger partial charge in [0, 0.05) is 13.0 Å². The molecule has 0 aromatic carbocycles. The molecule has 126 valence electrons. The van der Waals surface area contributed by atoms with Crippen molar-refractivity contribution in [3.05, 3.63) is 0 Å². The van der Waals surface area contributed by atoms with E-state index in [-0.39, 0.29) is 23.3 Å². The van der Waals surface area contributed by atoms with Gasteiger partial charge in [0.1, 0.15) is 6.04 Å². The van der Waals surface area contributed by atoms with Crippen molar-refractivity contribution in [2.45, 2.75) is 70.3 Å². The fourth-order valence-electron chi connectivity index (χ4n) is 3.14. The summed E-state index contributed by atoms with van der Waals surface area (Å²) in [6, 6.07) is -0.685. The summed E-state index contributed by atoms with van der Waals surface area (Å²) in [7, 11) is 1.56. The molecule has 0 aliphatic carbocycles. The summed E-state index contributed by atoms with van der Waals surface area (Å²) in [5.41, 5.74) is -0.172. The van der Waals surface area contributed by atoms with Gasteiger partial charge >= 0.3 is 0 Å². The number of ether oxygens (including phenoxy) is 2. The topological polar surface area (TPSA) is 76.7 Å². The summed E-state index contributed by atoms with van der Waals surface area (Å²) in [6.07, 6.45) is 4.22. The number of amides is 2. The lowest BCUT2D eigenvalue weighted by atomic mass is 9.89. The average Bonchev–Trinajstić information content (AvgIpc) is 3.10. The predicted molar refractivity (Wildman–Crippen MR) is 82.3 cm³/mol. The lowest BCUT2D eigenvalue weighted by molar-refractivity contribution is -0.136. The minimum Gasteiger partial charge on any atom is -0.373 e. The molecule has 2 amide bonds. The van der Waals surface area contributed by atoms with Gasteiger partial charge in [-0.2, -0.15) is 0 Å². The first-order valence-corrected chi connectivity index (χ1v) is 8.18. The summed E-state index contributed by atoms with van der Waals surface area (Å²) >= 11 is 0. The van der Waals surface area contributed by atoms with E-state index in [4.69, 9.17) is 9.47 Å². The van der Waals surface area contributed by atoms with Gasteiger partial charge in [0.15, 0.2) is 0 Å². The summed E-state index contributed by atoms with van der Waals surface area (Å²) in [5, 5.41) is 5.35. The molecule has 0 spiro atoms. The number of hydrogen-bond donors (Lipinski definition) is 2. The molecular formula is C16H28N2O4. The lowest BCUT2D eigenvalue weighted by Gasteiger charge is -2.30. The third-order valence-electron chi connectivity index (χ3n) is 4.69. The maximum atomic E-state index is 12.0. The molecule has 2 heterocycles. The second-order valence-electron chi connectivity index (χ2n) is 6.77. The zero-order valence-corrected chi connectivity index (χ0v) is 14.0. The van der Waals surface area contributed by atoms with Crippen LogP contribution in [0.1, 0.15) is 46.5 Å². The van der Waals surface area contributed by atoms with Crippen LogP contribution in [0.2, 0.25) is 0 Å². The molecule has 0 radical (unpaired) electrons. The number of fused-ring (bicyclic) bond motifs is 2. The van der Waals surface area contributed by atoms with Crippen molar-refractivity contribution in [3.63, 3.8) is 0 Å². The molecule has 2 unspecified atom stereocenters.